The summed E-state index contributed by atoms with van der Waals surface area (Å²) in [5.41, 5.74) is 2.77. The van der Waals surface area contributed by atoms with Crippen molar-refractivity contribution in [3.63, 3.8) is 0 Å². The van der Waals surface area contributed by atoms with Crippen LogP contribution in [0.5, 0.6) is 5.75 Å². The fourth-order valence-electron chi connectivity index (χ4n) is 4.40. The number of para-hydroxylation sites is 2. The van der Waals surface area contributed by atoms with Gasteiger partial charge in [-0.2, -0.15) is 0 Å². The predicted molar refractivity (Wildman–Crippen MR) is 134 cm³/mol. The van der Waals surface area contributed by atoms with Crippen LogP contribution in [0.15, 0.2) is 72.3 Å². The second kappa shape index (κ2) is 8.96. The summed E-state index contributed by atoms with van der Waals surface area (Å²) >= 11 is 0. The van der Waals surface area contributed by atoms with E-state index in [0.717, 1.165) is 5.56 Å². The van der Waals surface area contributed by atoms with Crippen LogP contribution in [-0.2, 0) is 9.59 Å². The molecule has 0 aliphatic carbocycles. The zero-order valence-corrected chi connectivity index (χ0v) is 19.9. The maximum absolute atomic E-state index is 13.7. The zero-order valence-electron chi connectivity index (χ0n) is 19.9. The molecular formula is C28H24FN3O4. The molecule has 1 aliphatic heterocycles. The van der Waals surface area contributed by atoms with Gasteiger partial charge in [0, 0.05) is 5.56 Å². The van der Waals surface area contributed by atoms with Crippen molar-refractivity contribution in [3.05, 3.63) is 94.8 Å². The molecule has 8 heteroatoms. The summed E-state index contributed by atoms with van der Waals surface area (Å²) in [6.45, 7) is 5.66. The summed E-state index contributed by atoms with van der Waals surface area (Å²) in [6.07, 6.45) is -0.0317. The van der Waals surface area contributed by atoms with E-state index in [1.165, 1.54) is 29.2 Å². The first kappa shape index (κ1) is 23.3. The van der Waals surface area contributed by atoms with Crippen LogP contribution in [0.4, 0.5) is 10.3 Å². The first-order valence-corrected chi connectivity index (χ1v) is 11.5. The minimum Gasteiger partial charge on any atom is -0.507 e. The Hall–Kier alpha value is -4.46. The number of nitrogens with one attached hydrogen (secondary N) is 1. The number of fused-ring (bicyclic) bond motifs is 1. The topological polar surface area (TPSA) is 95.5 Å². The Morgan fingerprint density at radius 1 is 1.08 bits per heavy atom. The molecule has 182 valence electrons. The van der Waals surface area contributed by atoms with Crippen LogP contribution in [0.3, 0.4) is 0 Å². The van der Waals surface area contributed by atoms with E-state index in [9.17, 15) is 19.1 Å². The van der Waals surface area contributed by atoms with Crippen LogP contribution in [0.1, 0.15) is 36.6 Å². The number of anilines is 1. The van der Waals surface area contributed by atoms with Gasteiger partial charge >= 0.3 is 5.91 Å². The van der Waals surface area contributed by atoms with Gasteiger partial charge in [-0.15, -0.1) is 0 Å². The summed E-state index contributed by atoms with van der Waals surface area (Å²) in [4.78, 5) is 35.4. The molecule has 1 aromatic heterocycles. The number of benzene rings is 3. The van der Waals surface area contributed by atoms with Crippen molar-refractivity contribution >= 4 is 34.4 Å². The van der Waals surface area contributed by atoms with Gasteiger partial charge < -0.3 is 14.8 Å². The number of nitrogens with zero attached hydrogens (tertiary/aromatic N) is 2. The van der Waals surface area contributed by atoms with Gasteiger partial charge in [-0.1, -0.05) is 24.3 Å². The normalized spacial score (nSPS) is 17.4. The van der Waals surface area contributed by atoms with Crippen LogP contribution in [0, 0.1) is 12.7 Å². The van der Waals surface area contributed by atoms with Crippen LogP contribution in [0.2, 0.25) is 0 Å². The van der Waals surface area contributed by atoms with Crippen molar-refractivity contribution in [2.45, 2.75) is 32.9 Å². The van der Waals surface area contributed by atoms with Gasteiger partial charge in [0.15, 0.2) is 0 Å². The zero-order chi connectivity index (χ0) is 25.6. The molecule has 0 radical (unpaired) electrons. The number of carbonyl (C=O) groups is 2. The largest absolute Gasteiger partial charge is 0.507 e. The Balaban J connectivity index is 1.68. The number of Topliss-reactive ketones (excluding diaryl/α,β-unsaturated/α-hetero) is 1. The number of aromatic amines is 1. The van der Waals surface area contributed by atoms with Crippen molar-refractivity contribution in [2.24, 2.45) is 0 Å². The lowest BCUT2D eigenvalue weighted by Crippen LogP contribution is -2.30. The standard InChI is InChI=1S/C28H24FN3O4/c1-15(2)36-22-13-10-18(14-16(22)3)25(33)23-24(17-8-11-19(29)12-9-17)32(27(35)26(23)34)28-30-20-6-4-5-7-21(20)31-28/h4-15,24,33H,1-3H3,(H,30,31)/b25-23+. The average Bonchev–Trinajstić information content (AvgIpc) is 3.39. The molecule has 36 heavy (non-hydrogen) atoms. The minimum atomic E-state index is -1.02. The van der Waals surface area contributed by atoms with E-state index in [1.807, 2.05) is 32.9 Å². The van der Waals surface area contributed by atoms with Crippen LogP contribution >= 0.6 is 0 Å². The van der Waals surface area contributed by atoms with Gasteiger partial charge in [0.05, 0.1) is 28.8 Å². The first-order valence-electron chi connectivity index (χ1n) is 11.5. The van der Waals surface area contributed by atoms with Gasteiger partial charge in [-0.05, 0) is 74.4 Å². The summed E-state index contributed by atoms with van der Waals surface area (Å²) in [6, 6.07) is 16.7. The van der Waals surface area contributed by atoms with Crippen LogP contribution < -0.4 is 9.64 Å². The Labute approximate surface area is 206 Å². The average molecular weight is 486 g/mol. The Morgan fingerprint density at radius 3 is 2.47 bits per heavy atom. The molecule has 1 fully saturated rings. The summed E-state index contributed by atoms with van der Waals surface area (Å²) in [7, 11) is 0. The van der Waals surface area contributed by atoms with E-state index >= 15 is 0 Å². The SMILES string of the molecule is Cc1cc(/C(O)=C2\C(=O)C(=O)N(c3nc4ccccc4[nH]3)C2c2ccc(F)cc2)ccc1OC(C)C. The number of amides is 1. The number of carbonyl (C=O) groups excluding carboxylic acids is 2. The second-order valence-corrected chi connectivity index (χ2v) is 8.95. The predicted octanol–water partition coefficient (Wildman–Crippen LogP) is 5.42. The van der Waals surface area contributed by atoms with Crippen molar-refractivity contribution in [1.29, 1.82) is 0 Å². The number of hydrogen-bond donors (Lipinski definition) is 2. The number of imidazole rings is 1. The lowest BCUT2D eigenvalue weighted by Gasteiger charge is -2.23. The molecule has 1 unspecified atom stereocenters. The lowest BCUT2D eigenvalue weighted by molar-refractivity contribution is -0.132. The smallest absolute Gasteiger partial charge is 0.302 e. The monoisotopic (exact) mass is 485 g/mol. The number of hydrogen-bond acceptors (Lipinski definition) is 5. The molecule has 1 aliphatic rings. The highest BCUT2D eigenvalue weighted by Crippen LogP contribution is 2.42. The quantitative estimate of drug-likeness (QED) is 0.223. The number of aliphatic hydroxyl groups is 1. The molecule has 2 heterocycles. The molecule has 1 amide bonds. The minimum absolute atomic E-state index is 0.0317. The van der Waals surface area contributed by atoms with Crippen molar-refractivity contribution in [2.75, 3.05) is 4.90 Å². The number of ketones is 1. The molecule has 7 nitrogen and oxygen atoms in total. The molecule has 5 rings (SSSR count). The van der Waals surface area contributed by atoms with Gasteiger partial charge in [0.25, 0.3) is 5.78 Å². The van der Waals surface area contributed by atoms with E-state index in [-0.39, 0.29) is 23.4 Å². The fourth-order valence-corrected chi connectivity index (χ4v) is 4.40. The van der Waals surface area contributed by atoms with Crippen molar-refractivity contribution < 1.29 is 23.8 Å². The van der Waals surface area contributed by atoms with Crippen LogP contribution in [-0.4, -0.2) is 32.9 Å². The van der Waals surface area contributed by atoms with E-state index in [4.69, 9.17) is 4.74 Å². The highest BCUT2D eigenvalue weighted by atomic mass is 19.1. The highest BCUT2D eigenvalue weighted by molar-refractivity contribution is 6.51. The molecule has 3 aromatic carbocycles. The third kappa shape index (κ3) is 4.00. The Morgan fingerprint density at radius 2 is 1.81 bits per heavy atom. The molecule has 4 aromatic rings. The molecule has 0 bridgehead atoms. The third-order valence-corrected chi connectivity index (χ3v) is 6.05. The van der Waals surface area contributed by atoms with E-state index < -0.39 is 23.5 Å². The Kier molecular flexibility index (Phi) is 5.80. The summed E-state index contributed by atoms with van der Waals surface area (Å²) in [5, 5.41) is 11.3. The molecule has 2 N–H and O–H groups in total. The highest BCUT2D eigenvalue weighted by Gasteiger charge is 2.48. The third-order valence-electron chi connectivity index (χ3n) is 6.05. The number of halogens is 1. The number of rotatable bonds is 5. The van der Waals surface area contributed by atoms with E-state index in [0.29, 0.717) is 27.9 Å². The van der Waals surface area contributed by atoms with E-state index in [2.05, 4.69) is 9.97 Å². The second-order valence-electron chi connectivity index (χ2n) is 8.95. The van der Waals surface area contributed by atoms with Crippen LogP contribution in [0.25, 0.3) is 16.8 Å². The fraction of sp³-hybridized carbons (Fsp3) is 0.179. The van der Waals surface area contributed by atoms with Crippen molar-refractivity contribution in [1.82, 2.24) is 9.97 Å². The van der Waals surface area contributed by atoms with Gasteiger partial charge in [0.1, 0.15) is 17.3 Å². The van der Waals surface area contributed by atoms with Gasteiger partial charge in [-0.25, -0.2) is 9.37 Å². The van der Waals surface area contributed by atoms with Gasteiger partial charge in [0.2, 0.25) is 5.95 Å². The van der Waals surface area contributed by atoms with Crippen molar-refractivity contribution in [3.8, 4) is 5.75 Å². The molecule has 1 atom stereocenters. The van der Waals surface area contributed by atoms with E-state index in [1.54, 1.807) is 30.3 Å². The lowest BCUT2D eigenvalue weighted by atomic mass is 9.95. The molecule has 0 saturated carbocycles. The molecular weight excluding hydrogens is 461 g/mol. The number of aryl methyl sites for hydroxylation is 1. The first-order chi connectivity index (χ1) is 17.2. The summed E-state index contributed by atoms with van der Waals surface area (Å²) in [5.74, 6) is -1.69. The number of H-pyrrole nitrogens is 1. The number of aromatic nitrogens is 2. The Bertz CT molecular complexity index is 1490. The molecule has 0 spiro atoms. The summed E-state index contributed by atoms with van der Waals surface area (Å²) < 4.78 is 19.5. The maximum Gasteiger partial charge on any atom is 0.302 e. The number of ether oxygens (including phenoxy) is 1. The van der Waals surface area contributed by atoms with Gasteiger partial charge in [-0.3, -0.25) is 14.5 Å². The molecule has 1 saturated heterocycles. The maximum atomic E-state index is 13.7. The number of aliphatic hydroxyl groups excluding tert-OH is 1.